The van der Waals surface area contributed by atoms with Crippen molar-refractivity contribution in [1.82, 2.24) is 10.3 Å². The fraction of sp³-hybridized carbons (Fsp3) is 0.208. The van der Waals surface area contributed by atoms with Gasteiger partial charge in [-0.1, -0.05) is 23.9 Å². The van der Waals surface area contributed by atoms with E-state index >= 15 is 0 Å². The average molecular weight is 464 g/mol. The number of aromatic nitrogens is 1. The number of carbonyl (C=O) groups is 2. The molecule has 2 unspecified atom stereocenters. The molecule has 1 aromatic heterocycles. The van der Waals surface area contributed by atoms with Gasteiger partial charge in [0, 0.05) is 11.8 Å². The Morgan fingerprint density at radius 2 is 1.88 bits per heavy atom. The zero-order valence-electron chi connectivity index (χ0n) is 18.2. The van der Waals surface area contributed by atoms with Crippen LogP contribution in [0.15, 0.2) is 59.8 Å². The van der Waals surface area contributed by atoms with Gasteiger partial charge in [-0.25, -0.2) is 9.78 Å². The van der Waals surface area contributed by atoms with E-state index in [1.165, 1.54) is 18.9 Å². The summed E-state index contributed by atoms with van der Waals surface area (Å²) in [5, 5.41) is 3.11. The third-order valence-corrected chi connectivity index (χ3v) is 6.91. The summed E-state index contributed by atoms with van der Waals surface area (Å²) in [5.74, 6) is 1.46. The van der Waals surface area contributed by atoms with Crippen molar-refractivity contribution < 1.29 is 23.8 Å². The van der Waals surface area contributed by atoms with E-state index in [1.54, 1.807) is 24.3 Å². The van der Waals surface area contributed by atoms with Crippen molar-refractivity contribution in [1.29, 1.82) is 0 Å². The second-order valence-corrected chi connectivity index (χ2v) is 8.70. The predicted molar refractivity (Wildman–Crippen MR) is 124 cm³/mol. The van der Waals surface area contributed by atoms with Crippen molar-refractivity contribution in [2.75, 3.05) is 19.1 Å². The molecule has 0 aliphatic carbocycles. The normalized spacial score (nSPS) is 18.4. The Morgan fingerprint density at radius 3 is 2.61 bits per heavy atom. The van der Waals surface area contributed by atoms with Crippen molar-refractivity contribution in [2.24, 2.45) is 0 Å². The number of anilines is 2. The summed E-state index contributed by atoms with van der Waals surface area (Å²) in [6.45, 7) is 1.91. The maximum atomic E-state index is 13.2. The van der Waals surface area contributed by atoms with Crippen LogP contribution >= 0.6 is 11.8 Å². The molecular weight excluding hydrogens is 442 g/mol. The minimum absolute atomic E-state index is 0.317. The highest BCUT2D eigenvalue weighted by Crippen LogP contribution is 2.51. The van der Waals surface area contributed by atoms with Gasteiger partial charge in [0.05, 0.1) is 31.6 Å². The number of hydrogen-bond acceptors (Lipinski definition) is 7. The smallest absolute Gasteiger partial charge is 0.327 e. The van der Waals surface area contributed by atoms with Crippen LogP contribution in [0, 0.1) is 6.92 Å². The number of esters is 1. The lowest BCUT2D eigenvalue weighted by molar-refractivity contribution is -0.140. The Hall–Kier alpha value is -3.72. The standard InChI is InChI=1S/C24H21N3O5S/c1-13-12-14(32-18-7-5-4-6-17(18)30-2)8-9-15(13)27-16-10-11-25-22-19(16)20(26-24(27)29)21(33-22)23(28)31-3/h4-12,20-21H,1-3H3,(H,26,29). The number of amides is 2. The number of carbonyl (C=O) groups excluding carboxylic acids is 2. The van der Waals surface area contributed by atoms with E-state index in [9.17, 15) is 9.59 Å². The molecule has 0 saturated carbocycles. The van der Waals surface area contributed by atoms with Crippen molar-refractivity contribution in [2.45, 2.75) is 23.2 Å². The number of para-hydroxylation sites is 2. The Kier molecular flexibility index (Phi) is 5.33. The molecule has 8 nitrogen and oxygen atoms in total. The minimum atomic E-state index is -0.567. The summed E-state index contributed by atoms with van der Waals surface area (Å²) < 4.78 is 16.3. The monoisotopic (exact) mass is 463 g/mol. The Bertz CT molecular complexity index is 1260. The number of benzene rings is 2. The highest BCUT2D eigenvalue weighted by Gasteiger charge is 2.47. The fourth-order valence-corrected chi connectivity index (χ4v) is 5.39. The summed E-state index contributed by atoms with van der Waals surface area (Å²) in [7, 11) is 2.93. The minimum Gasteiger partial charge on any atom is -0.493 e. The highest BCUT2D eigenvalue weighted by atomic mass is 32.2. The van der Waals surface area contributed by atoms with Crippen molar-refractivity contribution in [3.05, 3.63) is 65.9 Å². The van der Waals surface area contributed by atoms with E-state index in [0.29, 0.717) is 33.6 Å². The number of hydrogen-bond donors (Lipinski definition) is 1. The Labute approximate surface area is 194 Å². The highest BCUT2D eigenvalue weighted by molar-refractivity contribution is 8.01. The summed E-state index contributed by atoms with van der Waals surface area (Å²) >= 11 is 1.31. The van der Waals surface area contributed by atoms with Crippen LogP contribution in [0.25, 0.3) is 0 Å². The first kappa shape index (κ1) is 21.1. The van der Waals surface area contributed by atoms with Crippen molar-refractivity contribution in [3.8, 4) is 17.2 Å². The number of ether oxygens (including phenoxy) is 3. The molecule has 9 heteroatoms. The zero-order valence-corrected chi connectivity index (χ0v) is 19.0. The van der Waals surface area contributed by atoms with Crippen LogP contribution in [0.1, 0.15) is 17.2 Å². The Morgan fingerprint density at radius 1 is 1.09 bits per heavy atom. The van der Waals surface area contributed by atoms with Crippen LogP contribution in [0.4, 0.5) is 16.2 Å². The van der Waals surface area contributed by atoms with Crippen LogP contribution in [-0.4, -0.2) is 36.5 Å². The summed E-state index contributed by atoms with van der Waals surface area (Å²) in [4.78, 5) is 31.5. The van der Waals surface area contributed by atoms with Gasteiger partial charge in [0.1, 0.15) is 16.0 Å². The number of thioether (sulfide) groups is 1. The summed E-state index contributed by atoms with van der Waals surface area (Å²) in [5.41, 5.74) is 3.08. The van der Waals surface area contributed by atoms with Crippen molar-refractivity contribution in [3.63, 3.8) is 0 Å². The molecule has 2 aliphatic heterocycles. The van der Waals surface area contributed by atoms with Gasteiger partial charge in [-0.3, -0.25) is 9.69 Å². The van der Waals surface area contributed by atoms with Gasteiger partial charge in [0.2, 0.25) is 0 Å². The molecule has 2 amide bonds. The number of aryl methyl sites for hydroxylation is 1. The molecule has 168 valence electrons. The largest absolute Gasteiger partial charge is 0.493 e. The average Bonchev–Trinajstić information content (AvgIpc) is 3.19. The predicted octanol–water partition coefficient (Wildman–Crippen LogP) is 4.74. The van der Waals surface area contributed by atoms with Crippen LogP contribution in [0.2, 0.25) is 0 Å². The first-order chi connectivity index (χ1) is 16.0. The van der Waals surface area contributed by atoms with Gasteiger partial charge in [-0.05, 0) is 48.9 Å². The molecule has 0 bridgehead atoms. The van der Waals surface area contributed by atoms with Gasteiger partial charge in [-0.15, -0.1) is 0 Å². The van der Waals surface area contributed by atoms with E-state index < -0.39 is 17.3 Å². The van der Waals surface area contributed by atoms with Gasteiger partial charge in [-0.2, -0.15) is 0 Å². The van der Waals surface area contributed by atoms with Crippen LogP contribution < -0.4 is 19.7 Å². The molecule has 2 aromatic carbocycles. The quantitative estimate of drug-likeness (QED) is 0.547. The number of rotatable bonds is 5. The molecule has 2 aliphatic rings. The molecule has 3 aromatic rings. The molecule has 3 heterocycles. The van der Waals surface area contributed by atoms with Crippen molar-refractivity contribution >= 4 is 35.1 Å². The second kappa shape index (κ2) is 8.32. The SMILES string of the molecule is COC(=O)C1Sc2nccc3c2C1NC(=O)N3c1ccc(Oc2ccccc2OC)cc1C. The number of pyridine rings is 1. The molecule has 0 saturated heterocycles. The zero-order chi connectivity index (χ0) is 23.1. The maximum absolute atomic E-state index is 13.2. The van der Waals surface area contributed by atoms with Gasteiger partial charge in [0.15, 0.2) is 11.5 Å². The third kappa shape index (κ3) is 3.54. The van der Waals surface area contributed by atoms with E-state index in [1.807, 2.05) is 49.4 Å². The maximum Gasteiger partial charge on any atom is 0.327 e. The van der Waals surface area contributed by atoms with Crippen LogP contribution in [-0.2, 0) is 9.53 Å². The number of nitrogens with one attached hydrogen (secondary N) is 1. The lowest BCUT2D eigenvalue weighted by Crippen LogP contribution is -2.47. The molecule has 1 N–H and O–H groups in total. The van der Waals surface area contributed by atoms with E-state index in [2.05, 4.69) is 10.3 Å². The third-order valence-electron chi connectivity index (χ3n) is 5.65. The van der Waals surface area contributed by atoms with E-state index in [4.69, 9.17) is 14.2 Å². The number of methoxy groups -OCH3 is 2. The molecule has 5 rings (SSSR count). The van der Waals surface area contributed by atoms with Gasteiger partial charge < -0.3 is 19.5 Å². The lowest BCUT2D eigenvalue weighted by atomic mass is 10.00. The first-order valence-electron chi connectivity index (χ1n) is 10.3. The Balaban J connectivity index is 1.50. The molecule has 0 fully saturated rings. The molecular formula is C24H21N3O5S. The van der Waals surface area contributed by atoms with Gasteiger partial charge >= 0.3 is 12.0 Å². The molecule has 2 atom stereocenters. The second-order valence-electron chi connectivity index (χ2n) is 7.57. The summed E-state index contributed by atoms with van der Waals surface area (Å²) in [6.07, 6.45) is 1.65. The molecule has 33 heavy (non-hydrogen) atoms. The van der Waals surface area contributed by atoms with E-state index in [0.717, 1.165) is 11.1 Å². The first-order valence-corrected chi connectivity index (χ1v) is 11.2. The van der Waals surface area contributed by atoms with Crippen LogP contribution in [0.5, 0.6) is 17.2 Å². The van der Waals surface area contributed by atoms with Gasteiger partial charge in [0.25, 0.3) is 0 Å². The lowest BCUT2D eigenvalue weighted by Gasteiger charge is -2.34. The number of nitrogens with zero attached hydrogens (tertiary/aromatic N) is 2. The molecule has 0 spiro atoms. The fourth-order valence-electron chi connectivity index (χ4n) is 4.13. The van der Waals surface area contributed by atoms with Crippen LogP contribution in [0.3, 0.4) is 0 Å². The van der Waals surface area contributed by atoms with E-state index in [-0.39, 0.29) is 6.03 Å². The topological polar surface area (TPSA) is 90.0 Å². The molecule has 0 radical (unpaired) electrons. The summed E-state index contributed by atoms with van der Waals surface area (Å²) in [6, 6.07) is 13.9. The number of urea groups is 1.